The number of hydrogen-bond donors (Lipinski definition) is 4. The minimum absolute atomic E-state index is 0.0176. The number of pyridine rings is 1. The molecule has 0 bridgehead atoms. The fourth-order valence-electron chi connectivity index (χ4n) is 6.10. The van der Waals surface area contributed by atoms with Crippen LogP contribution in [0.1, 0.15) is 92.1 Å². The third-order valence-electron chi connectivity index (χ3n) is 8.74. The number of likely N-dealkylation sites (tertiary alicyclic amines) is 1. The number of nitrogens with one attached hydrogen (secondary N) is 4. The van der Waals surface area contributed by atoms with Gasteiger partial charge in [0.05, 0.1) is 18.7 Å². The number of hydrogen-bond acceptors (Lipinski definition) is 9. The summed E-state index contributed by atoms with van der Waals surface area (Å²) in [4.78, 5) is 67.2. The molecule has 1 aliphatic carbocycles. The lowest BCUT2D eigenvalue weighted by atomic mass is 10.1. The first-order valence-corrected chi connectivity index (χ1v) is 19.2. The fourth-order valence-corrected chi connectivity index (χ4v) is 6.46. The average Bonchev–Trinajstić information content (AvgIpc) is 3.52. The maximum absolute atomic E-state index is 13.2. The molecule has 2 fully saturated rings. The van der Waals surface area contributed by atoms with Crippen molar-refractivity contribution in [3.8, 4) is 11.6 Å². The quantitative estimate of drug-likeness (QED) is 0.110. The molecule has 4 N–H and O–H groups in total. The number of amides is 4. The van der Waals surface area contributed by atoms with E-state index in [0.717, 1.165) is 42.5 Å². The van der Waals surface area contributed by atoms with Crippen molar-refractivity contribution in [1.29, 1.82) is 0 Å². The Kier molecular flexibility index (Phi) is 15.5. The van der Waals surface area contributed by atoms with Crippen LogP contribution in [0.5, 0.6) is 11.6 Å². The van der Waals surface area contributed by atoms with Crippen molar-refractivity contribution in [3.05, 3.63) is 46.1 Å². The van der Waals surface area contributed by atoms with Gasteiger partial charge in [0.2, 0.25) is 11.8 Å². The van der Waals surface area contributed by atoms with Crippen LogP contribution >= 0.6 is 11.9 Å². The molecule has 0 spiro atoms. The molecule has 1 saturated heterocycles. The second-order valence-electron chi connectivity index (χ2n) is 14.4. The molecule has 2 aliphatic rings. The number of fused-ring (bicyclic) bond motifs is 1. The molecular formula is C38H57N5O8S. The van der Waals surface area contributed by atoms with Gasteiger partial charge in [0.1, 0.15) is 29.5 Å². The lowest BCUT2D eigenvalue weighted by Gasteiger charge is -2.27. The highest BCUT2D eigenvalue weighted by molar-refractivity contribution is 7.97. The number of carbonyl (C=O) groups is 4. The molecule has 288 valence electrons. The van der Waals surface area contributed by atoms with Crippen LogP contribution in [0.25, 0.3) is 10.9 Å². The van der Waals surface area contributed by atoms with E-state index in [4.69, 9.17) is 14.2 Å². The maximum Gasteiger partial charge on any atom is 0.408 e. The Hall–Kier alpha value is -4.20. The predicted octanol–water partition coefficient (Wildman–Crippen LogP) is 5.54. The molecule has 52 heavy (non-hydrogen) atoms. The highest BCUT2D eigenvalue weighted by atomic mass is 32.2. The van der Waals surface area contributed by atoms with Crippen molar-refractivity contribution >= 4 is 46.7 Å². The third-order valence-corrected chi connectivity index (χ3v) is 9.13. The van der Waals surface area contributed by atoms with E-state index in [1.165, 1.54) is 22.9 Å². The van der Waals surface area contributed by atoms with Crippen LogP contribution in [0, 0.1) is 12.8 Å². The van der Waals surface area contributed by atoms with Crippen molar-refractivity contribution in [2.45, 2.75) is 117 Å². The standard InChI is InChI=1S/C24H40N4O5S.C14H17NO3/c1-6-7-8-9-10-12-17-15-24(17,21(31)27-34-5)26-20(30)18-13-11-14-28(18)19(29)16-25-22(32)33-23(2,3)4;1-8(2)18-13-7-11(16)10-5-6-12(17-4)9(3)14(10)15-13/h10,12,17-18H,6-9,11,13-16H2,1-5H3,(H,25,32)(H,26,30)(H,27,31);5-8H,1-4H3,(H,15,16)/b12-10-;/t17?,18?,24-;/m1./s1. The van der Waals surface area contributed by atoms with Gasteiger partial charge in [0.25, 0.3) is 5.91 Å². The van der Waals surface area contributed by atoms with Gasteiger partial charge in [-0.15, -0.1) is 0 Å². The van der Waals surface area contributed by atoms with Crippen molar-refractivity contribution in [2.24, 2.45) is 5.92 Å². The SMILES string of the molecule is CCCCC/C=C\C1C[C@]1(NC(=O)C1CCCN1C(=O)CNC(=O)OC(C)(C)C)C(=O)NSC.COc1ccc2c(=O)cc(OC(C)C)[nH]c2c1C. The van der Waals surface area contributed by atoms with Gasteiger partial charge in [-0.1, -0.05) is 43.9 Å². The lowest BCUT2D eigenvalue weighted by Crippen LogP contribution is -2.55. The zero-order valence-corrected chi connectivity index (χ0v) is 32.9. The number of carbonyl (C=O) groups excluding carboxylic acids is 4. The Morgan fingerprint density at radius 1 is 1.17 bits per heavy atom. The van der Waals surface area contributed by atoms with Crippen molar-refractivity contribution < 1.29 is 33.4 Å². The zero-order valence-electron chi connectivity index (χ0n) is 32.1. The van der Waals surface area contributed by atoms with E-state index in [9.17, 15) is 24.0 Å². The van der Waals surface area contributed by atoms with Crippen LogP contribution in [0.15, 0.2) is 35.1 Å². The number of H-pyrrole nitrogens is 1. The zero-order chi connectivity index (χ0) is 38.6. The molecule has 4 rings (SSSR count). The van der Waals surface area contributed by atoms with Crippen molar-refractivity contribution in [1.82, 2.24) is 25.2 Å². The molecule has 2 aromatic rings. The third kappa shape index (κ3) is 11.7. The molecule has 2 unspecified atom stereocenters. The largest absolute Gasteiger partial charge is 0.496 e. The van der Waals surface area contributed by atoms with E-state index in [1.807, 2.05) is 26.8 Å². The average molecular weight is 744 g/mol. The molecule has 14 heteroatoms. The Labute approximate surface area is 311 Å². The summed E-state index contributed by atoms with van der Waals surface area (Å²) in [5.74, 6) is 0.262. The molecule has 13 nitrogen and oxygen atoms in total. The second kappa shape index (κ2) is 19.0. The van der Waals surface area contributed by atoms with E-state index in [-0.39, 0.29) is 41.7 Å². The van der Waals surface area contributed by atoms with Crippen LogP contribution in [0.4, 0.5) is 4.79 Å². The molecule has 1 saturated carbocycles. The summed E-state index contributed by atoms with van der Waals surface area (Å²) in [6.45, 7) is 13.3. The van der Waals surface area contributed by atoms with Gasteiger partial charge in [0.15, 0.2) is 11.3 Å². The number of nitrogens with zero attached hydrogens (tertiary/aromatic N) is 1. The minimum Gasteiger partial charge on any atom is -0.496 e. The smallest absolute Gasteiger partial charge is 0.408 e. The summed E-state index contributed by atoms with van der Waals surface area (Å²) >= 11 is 1.20. The number of unbranched alkanes of at least 4 members (excludes halogenated alkanes) is 3. The molecule has 3 atom stereocenters. The summed E-state index contributed by atoms with van der Waals surface area (Å²) in [6, 6.07) is 4.38. The fraction of sp³-hybridized carbons (Fsp3) is 0.605. The highest BCUT2D eigenvalue weighted by Gasteiger charge is 2.60. The lowest BCUT2D eigenvalue weighted by molar-refractivity contribution is -0.139. The van der Waals surface area contributed by atoms with Gasteiger partial charge in [-0.2, -0.15) is 0 Å². The Morgan fingerprint density at radius 2 is 1.90 bits per heavy atom. The molecular weight excluding hydrogens is 687 g/mol. The Balaban J connectivity index is 0.000000338. The summed E-state index contributed by atoms with van der Waals surface area (Å²) in [7, 11) is 1.61. The van der Waals surface area contributed by atoms with E-state index in [0.29, 0.717) is 37.1 Å². The molecule has 4 amide bonds. The normalized spacial score (nSPS) is 19.5. The number of benzene rings is 1. The summed E-state index contributed by atoms with van der Waals surface area (Å²) in [5, 5.41) is 6.05. The van der Waals surface area contributed by atoms with E-state index >= 15 is 0 Å². The number of allylic oxidation sites excluding steroid dienone is 1. The van der Waals surface area contributed by atoms with Gasteiger partial charge >= 0.3 is 6.09 Å². The number of aryl methyl sites for hydroxylation is 1. The Morgan fingerprint density at radius 3 is 2.54 bits per heavy atom. The maximum atomic E-state index is 13.2. The van der Waals surface area contributed by atoms with E-state index in [2.05, 4.69) is 33.3 Å². The monoisotopic (exact) mass is 743 g/mol. The second-order valence-corrected chi connectivity index (χ2v) is 15.0. The number of aromatic amines is 1. The number of aromatic nitrogens is 1. The Bertz CT molecular complexity index is 1650. The topological polar surface area (TPSA) is 168 Å². The van der Waals surface area contributed by atoms with Crippen LogP contribution in [-0.4, -0.2) is 83.4 Å². The number of alkyl carbamates (subject to hydrolysis) is 1. The first-order chi connectivity index (χ1) is 24.6. The minimum atomic E-state index is -0.979. The van der Waals surface area contributed by atoms with Gasteiger partial charge < -0.3 is 34.7 Å². The number of ether oxygens (including phenoxy) is 3. The molecule has 1 aromatic carbocycles. The predicted molar refractivity (Wildman–Crippen MR) is 205 cm³/mol. The van der Waals surface area contributed by atoms with E-state index < -0.39 is 23.3 Å². The van der Waals surface area contributed by atoms with Crippen molar-refractivity contribution in [3.63, 3.8) is 0 Å². The summed E-state index contributed by atoms with van der Waals surface area (Å²) < 4.78 is 18.7. The molecule has 1 aromatic heterocycles. The van der Waals surface area contributed by atoms with Gasteiger partial charge in [-0.3, -0.25) is 23.9 Å². The molecule has 0 radical (unpaired) electrons. The number of methoxy groups -OCH3 is 1. The molecule has 2 heterocycles. The van der Waals surface area contributed by atoms with E-state index in [1.54, 1.807) is 46.3 Å². The summed E-state index contributed by atoms with van der Waals surface area (Å²) in [5.41, 5.74) is -0.0305. The van der Waals surface area contributed by atoms with Crippen LogP contribution in [0.3, 0.4) is 0 Å². The van der Waals surface area contributed by atoms with Crippen LogP contribution < -0.4 is 30.3 Å². The van der Waals surface area contributed by atoms with Crippen LogP contribution in [-0.2, 0) is 19.1 Å². The highest BCUT2D eigenvalue weighted by Crippen LogP contribution is 2.45. The first kappa shape index (κ1) is 42.2. The van der Waals surface area contributed by atoms with Gasteiger partial charge in [0, 0.05) is 35.7 Å². The number of rotatable bonds is 14. The van der Waals surface area contributed by atoms with Crippen LogP contribution in [0.2, 0.25) is 0 Å². The summed E-state index contributed by atoms with van der Waals surface area (Å²) in [6.07, 6.45) is 11.3. The van der Waals surface area contributed by atoms with Crippen molar-refractivity contribution in [2.75, 3.05) is 26.5 Å². The molecule has 1 aliphatic heterocycles. The first-order valence-electron chi connectivity index (χ1n) is 18.0. The van der Waals surface area contributed by atoms with Gasteiger partial charge in [-0.05, 0) is 85.8 Å². The van der Waals surface area contributed by atoms with Gasteiger partial charge in [-0.25, -0.2) is 4.79 Å².